The van der Waals surface area contributed by atoms with Crippen LogP contribution < -0.4 is 0 Å². The maximum atomic E-state index is 4.50. The zero-order valence-corrected chi connectivity index (χ0v) is 8.52. The highest BCUT2D eigenvalue weighted by Crippen LogP contribution is 2.16. The lowest BCUT2D eigenvalue weighted by atomic mass is 10.1. The maximum absolute atomic E-state index is 4.50. The first-order chi connectivity index (χ1) is 5.20. The molecule has 0 spiro atoms. The molecule has 0 aliphatic carbocycles. The van der Waals surface area contributed by atoms with Crippen molar-refractivity contribution in [3.05, 3.63) is 0 Å². The van der Waals surface area contributed by atoms with Crippen LogP contribution in [-0.4, -0.2) is 11.8 Å². The molecule has 11 heavy (non-hydrogen) atoms. The van der Waals surface area contributed by atoms with Crippen LogP contribution in [0, 0.1) is 5.92 Å². The van der Waals surface area contributed by atoms with Crippen LogP contribution in [0.4, 0.5) is 0 Å². The van der Waals surface area contributed by atoms with E-state index in [4.69, 9.17) is 0 Å². The molecule has 66 valence electrons. The maximum Gasteiger partial charge on any atom is 0.0474 e. The van der Waals surface area contributed by atoms with Crippen molar-refractivity contribution in [3.63, 3.8) is 0 Å². The predicted molar refractivity (Wildman–Crippen MR) is 52.3 cm³/mol. The molecule has 0 aromatic rings. The van der Waals surface area contributed by atoms with Gasteiger partial charge in [0.25, 0.3) is 0 Å². The lowest BCUT2D eigenvalue weighted by Gasteiger charge is -2.00. The summed E-state index contributed by atoms with van der Waals surface area (Å²) in [5.74, 6) is 0.676. The molecule has 0 saturated carbocycles. The fraction of sp³-hybridized carbons (Fsp3) is 0.900. The Kier molecular flexibility index (Phi) is 5.18. The number of rotatable bonds is 1. The van der Waals surface area contributed by atoms with Crippen LogP contribution in [-0.2, 0) is 0 Å². The van der Waals surface area contributed by atoms with E-state index >= 15 is 0 Å². The Bertz CT molecular complexity index is 125. The van der Waals surface area contributed by atoms with Gasteiger partial charge >= 0.3 is 0 Å². The molecule has 0 radical (unpaired) electrons. The molecule has 1 nitrogen and oxygen atoms in total. The van der Waals surface area contributed by atoms with Gasteiger partial charge < -0.3 is 0 Å². The van der Waals surface area contributed by atoms with Crippen molar-refractivity contribution >= 4 is 5.71 Å². The van der Waals surface area contributed by atoms with Crippen molar-refractivity contribution in [1.29, 1.82) is 0 Å². The SMILES string of the molecule is CC.CC1CCC(C(C)C)=N1. The monoisotopic (exact) mass is 155 g/mol. The van der Waals surface area contributed by atoms with Gasteiger partial charge in [0.1, 0.15) is 0 Å². The van der Waals surface area contributed by atoms with E-state index in [9.17, 15) is 0 Å². The second-order valence-corrected chi connectivity index (χ2v) is 3.16. The molecule has 0 N–H and O–H groups in total. The highest BCUT2D eigenvalue weighted by Gasteiger charge is 2.14. The zero-order valence-electron chi connectivity index (χ0n) is 8.52. The van der Waals surface area contributed by atoms with Crippen LogP contribution in [0.25, 0.3) is 0 Å². The molecule has 0 aromatic carbocycles. The quantitative estimate of drug-likeness (QED) is 0.551. The minimum Gasteiger partial charge on any atom is -0.291 e. The molecule has 1 rings (SSSR count). The minimum atomic E-state index is 0.599. The van der Waals surface area contributed by atoms with Gasteiger partial charge in [-0.1, -0.05) is 27.7 Å². The van der Waals surface area contributed by atoms with Gasteiger partial charge in [-0.3, -0.25) is 4.99 Å². The summed E-state index contributed by atoms with van der Waals surface area (Å²) < 4.78 is 0. The van der Waals surface area contributed by atoms with E-state index in [1.807, 2.05) is 13.8 Å². The number of aliphatic imine (C=N–C) groups is 1. The van der Waals surface area contributed by atoms with Crippen molar-refractivity contribution in [1.82, 2.24) is 0 Å². The molecule has 1 aliphatic heterocycles. The zero-order chi connectivity index (χ0) is 8.85. The summed E-state index contributed by atoms with van der Waals surface area (Å²) in [5, 5.41) is 0. The third kappa shape index (κ3) is 3.54. The van der Waals surface area contributed by atoms with Gasteiger partial charge in [-0.25, -0.2) is 0 Å². The van der Waals surface area contributed by atoms with E-state index in [1.54, 1.807) is 0 Å². The summed E-state index contributed by atoms with van der Waals surface area (Å²) in [4.78, 5) is 4.50. The van der Waals surface area contributed by atoms with Crippen molar-refractivity contribution in [3.8, 4) is 0 Å². The van der Waals surface area contributed by atoms with Crippen molar-refractivity contribution in [2.75, 3.05) is 0 Å². The minimum absolute atomic E-state index is 0.599. The molecule has 0 amide bonds. The van der Waals surface area contributed by atoms with Crippen LogP contribution >= 0.6 is 0 Å². The largest absolute Gasteiger partial charge is 0.291 e. The van der Waals surface area contributed by atoms with Crippen LogP contribution in [0.2, 0.25) is 0 Å². The summed E-state index contributed by atoms with van der Waals surface area (Å²) in [6.45, 7) is 10.6. The lowest BCUT2D eigenvalue weighted by molar-refractivity contribution is 0.738. The normalized spacial score (nSPS) is 22.7. The summed E-state index contributed by atoms with van der Waals surface area (Å²) in [7, 11) is 0. The third-order valence-corrected chi connectivity index (χ3v) is 1.87. The molecule has 1 heteroatoms. The van der Waals surface area contributed by atoms with Crippen LogP contribution in [0.15, 0.2) is 4.99 Å². The number of nitrogens with zero attached hydrogens (tertiary/aromatic N) is 1. The topological polar surface area (TPSA) is 12.4 Å². The van der Waals surface area contributed by atoms with E-state index in [2.05, 4.69) is 25.8 Å². The van der Waals surface area contributed by atoms with Crippen molar-refractivity contribution in [2.45, 2.75) is 53.5 Å². The number of hydrogen-bond donors (Lipinski definition) is 0. The molecule has 1 atom stereocenters. The highest BCUT2D eigenvalue weighted by molar-refractivity contribution is 5.87. The predicted octanol–water partition coefficient (Wildman–Crippen LogP) is 3.29. The van der Waals surface area contributed by atoms with Crippen LogP contribution in [0.1, 0.15) is 47.5 Å². The summed E-state index contributed by atoms with van der Waals surface area (Å²) in [6, 6.07) is 0.599. The van der Waals surface area contributed by atoms with E-state index in [0.717, 1.165) is 0 Å². The molecule has 1 aliphatic rings. The van der Waals surface area contributed by atoms with Gasteiger partial charge in [-0.15, -0.1) is 0 Å². The number of hydrogen-bond acceptors (Lipinski definition) is 1. The molecule has 0 bridgehead atoms. The van der Waals surface area contributed by atoms with Gasteiger partial charge in [-0.05, 0) is 25.7 Å². The van der Waals surface area contributed by atoms with E-state index in [0.29, 0.717) is 12.0 Å². The van der Waals surface area contributed by atoms with Gasteiger partial charge in [-0.2, -0.15) is 0 Å². The molecule has 1 heterocycles. The summed E-state index contributed by atoms with van der Waals surface area (Å²) >= 11 is 0. The molecule has 1 unspecified atom stereocenters. The highest BCUT2D eigenvalue weighted by atomic mass is 14.8. The fourth-order valence-electron chi connectivity index (χ4n) is 1.21. The first-order valence-corrected chi connectivity index (χ1v) is 4.76. The Labute approximate surface area is 70.9 Å². The van der Waals surface area contributed by atoms with Gasteiger partial charge in [0, 0.05) is 11.8 Å². The first kappa shape index (κ1) is 10.7. The average Bonchev–Trinajstić information content (AvgIpc) is 2.40. The standard InChI is InChI=1S/C8H15N.C2H6/c1-6(2)8-5-4-7(3)9-8;1-2/h6-7H,4-5H2,1-3H3;1-2H3. The molecule has 0 saturated heterocycles. The Morgan fingerprint density at radius 3 is 2.09 bits per heavy atom. The second-order valence-electron chi connectivity index (χ2n) is 3.16. The molecular weight excluding hydrogens is 134 g/mol. The van der Waals surface area contributed by atoms with E-state index in [-0.39, 0.29) is 0 Å². The van der Waals surface area contributed by atoms with Crippen molar-refractivity contribution < 1.29 is 0 Å². The van der Waals surface area contributed by atoms with Gasteiger partial charge in [0.15, 0.2) is 0 Å². The average molecular weight is 155 g/mol. The lowest BCUT2D eigenvalue weighted by Crippen LogP contribution is -2.02. The van der Waals surface area contributed by atoms with E-state index < -0.39 is 0 Å². The smallest absolute Gasteiger partial charge is 0.0474 e. The van der Waals surface area contributed by atoms with Crippen LogP contribution in [0.5, 0.6) is 0 Å². The Morgan fingerprint density at radius 1 is 1.36 bits per heavy atom. The Morgan fingerprint density at radius 2 is 1.91 bits per heavy atom. The van der Waals surface area contributed by atoms with Gasteiger partial charge in [0.05, 0.1) is 0 Å². The fourth-order valence-corrected chi connectivity index (χ4v) is 1.21. The van der Waals surface area contributed by atoms with Crippen molar-refractivity contribution in [2.24, 2.45) is 10.9 Å². The third-order valence-electron chi connectivity index (χ3n) is 1.87. The summed E-state index contributed by atoms with van der Waals surface area (Å²) in [6.07, 6.45) is 2.51. The molecule has 0 fully saturated rings. The first-order valence-electron chi connectivity index (χ1n) is 4.76. The Hall–Kier alpha value is -0.330. The van der Waals surface area contributed by atoms with E-state index in [1.165, 1.54) is 18.6 Å². The molecule has 0 aromatic heterocycles. The summed E-state index contributed by atoms with van der Waals surface area (Å²) in [5.41, 5.74) is 1.42. The molecular formula is C10H21N. The van der Waals surface area contributed by atoms with Crippen LogP contribution in [0.3, 0.4) is 0 Å². The Balaban J connectivity index is 0.000000461. The second kappa shape index (κ2) is 5.34. The van der Waals surface area contributed by atoms with Gasteiger partial charge in [0.2, 0.25) is 0 Å².